The highest BCUT2D eigenvalue weighted by molar-refractivity contribution is 6.27. The van der Waals surface area contributed by atoms with Gasteiger partial charge in [-0.25, -0.2) is 0 Å². The first kappa shape index (κ1) is 29.9. The van der Waals surface area contributed by atoms with Crippen LogP contribution in [-0.2, 0) is 0 Å². The summed E-state index contributed by atoms with van der Waals surface area (Å²) in [5.41, 5.74) is 18.4. The number of hydrogen-bond acceptors (Lipinski definition) is 3. The number of nitrogens with zero attached hydrogens (tertiary/aromatic N) is 3. The molecule has 2 spiro atoms. The minimum absolute atomic E-state index is 0.587. The summed E-state index contributed by atoms with van der Waals surface area (Å²) in [5.74, 6) is 6.14. The molecule has 6 bridgehead atoms. The van der Waals surface area contributed by atoms with E-state index in [0.717, 1.165) is 34.8 Å². The van der Waals surface area contributed by atoms with Gasteiger partial charge in [0.1, 0.15) is 11.2 Å². The van der Waals surface area contributed by atoms with Gasteiger partial charge < -0.3 is 8.82 Å². The third-order valence-electron chi connectivity index (χ3n) is 19.3. The molecule has 5 aromatic heterocycles. The first-order valence-electron chi connectivity index (χ1n) is 22.7. The summed E-state index contributed by atoms with van der Waals surface area (Å²) in [4.78, 5) is 11.2. The largest absolute Gasteiger partial charge is 0.456 e. The van der Waals surface area contributed by atoms with Gasteiger partial charge >= 0.3 is 0 Å². The maximum absolute atomic E-state index is 6.68. The first-order valence-corrected chi connectivity index (χ1v) is 22.7. The molecule has 4 aromatic carbocycles. The molecule has 0 saturated heterocycles. The summed E-state index contributed by atoms with van der Waals surface area (Å²) in [7, 11) is 0. The Kier molecular flexibility index (Phi) is 4.88. The molecule has 0 amide bonds. The molecule has 8 aliphatic rings. The van der Waals surface area contributed by atoms with E-state index in [1.807, 2.05) is 0 Å². The molecule has 9 aromatic rings. The number of para-hydroxylation sites is 1. The van der Waals surface area contributed by atoms with Gasteiger partial charge in [0.25, 0.3) is 0 Å². The van der Waals surface area contributed by atoms with Crippen LogP contribution in [0.25, 0.3) is 82.3 Å². The number of hydrogen-bond donors (Lipinski definition) is 0. The van der Waals surface area contributed by atoms with Gasteiger partial charge in [0.05, 0.1) is 28.9 Å². The number of furan rings is 1. The highest BCUT2D eigenvalue weighted by atomic mass is 16.3. The molecular formula is C54H43N3O. The molecule has 17 rings (SSSR count). The molecule has 5 heterocycles. The Hall–Kier alpha value is -5.22. The van der Waals surface area contributed by atoms with Gasteiger partial charge in [-0.15, -0.1) is 0 Å². The second-order valence-corrected chi connectivity index (χ2v) is 21.0. The van der Waals surface area contributed by atoms with Gasteiger partial charge in [0, 0.05) is 61.1 Å². The summed E-state index contributed by atoms with van der Waals surface area (Å²) in [6.07, 6.45) is 18.5. The minimum Gasteiger partial charge on any atom is -0.456 e. The number of benzene rings is 4. The zero-order valence-corrected chi connectivity index (χ0v) is 32.6. The van der Waals surface area contributed by atoms with Crippen molar-refractivity contribution in [2.75, 3.05) is 0 Å². The average molecular weight is 750 g/mol. The van der Waals surface area contributed by atoms with E-state index in [0.29, 0.717) is 34.5 Å². The topological polar surface area (TPSA) is 43.3 Å². The van der Waals surface area contributed by atoms with Gasteiger partial charge in [-0.3, -0.25) is 9.97 Å². The van der Waals surface area contributed by atoms with E-state index in [2.05, 4.69) is 95.7 Å². The van der Waals surface area contributed by atoms with Crippen LogP contribution in [0, 0.1) is 34.5 Å². The lowest BCUT2D eigenvalue weighted by molar-refractivity contribution is 0.00321. The van der Waals surface area contributed by atoms with Crippen molar-refractivity contribution in [3.8, 4) is 22.3 Å². The second-order valence-electron chi connectivity index (χ2n) is 21.0. The highest BCUT2D eigenvalue weighted by Gasteiger charge is 2.67. The second kappa shape index (κ2) is 9.46. The molecule has 4 nitrogen and oxygen atoms in total. The quantitative estimate of drug-likeness (QED) is 0.177. The van der Waals surface area contributed by atoms with E-state index < -0.39 is 0 Å². The summed E-state index contributed by atoms with van der Waals surface area (Å²) >= 11 is 0. The van der Waals surface area contributed by atoms with E-state index in [1.54, 1.807) is 11.1 Å². The Morgan fingerprint density at radius 3 is 1.72 bits per heavy atom. The van der Waals surface area contributed by atoms with Crippen molar-refractivity contribution < 1.29 is 4.42 Å². The Morgan fingerprint density at radius 2 is 1.09 bits per heavy atom. The maximum atomic E-state index is 6.68. The van der Waals surface area contributed by atoms with E-state index in [4.69, 9.17) is 14.4 Å². The summed E-state index contributed by atoms with van der Waals surface area (Å²) in [6, 6.07) is 29.5. The predicted octanol–water partition coefficient (Wildman–Crippen LogP) is 13.6. The fourth-order valence-corrected chi connectivity index (χ4v) is 17.4. The van der Waals surface area contributed by atoms with Crippen LogP contribution in [0.3, 0.4) is 0 Å². The standard InChI is InChI=1S/C54H43N3O/c1-2-6-26(7-3-1)36-10-11-43-49(37-8-4-5-9-42(37)58-43)44(36)27-16-38-47-40(24-55-50-30-14-34-18-32-12-28(45(47)50)20-53(32,34)22-30)57-41-25-56-51-31-15-35-19-33-13-29(21-54(33,35)23-31)46(51)48(41)39(17-27)52(38)57/h1-11,16-17,24-25,28-35H,12-15,18-23H2. The summed E-state index contributed by atoms with van der Waals surface area (Å²) < 4.78 is 9.34. The Labute approximate surface area is 336 Å². The van der Waals surface area contributed by atoms with Crippen molar-refractivity contribution in [3.05, 3.63) is 114 Å². The van der Waals surface area contributed by atoms with Crippen LogP contribution in [0.5, 0.6) is 0 Å². The normalized spacial score (nSPS) is 34.3. The molecule has 0 aliphatic heterocycles. The third-order valence-corrected chi connectivity index (χ3v) is 19.3. The molecule has 10 atom stereocenters. The Balaban J connectivity index is 1.06. The van der Waals surface area contributed by atoms with Crippen LogP contribution in [-0.4, -0.2) is 14.4 Å². The van der Waals surface area contributed by atoms with Crippen molar-refractivity contribution in [3.63, 3.8) is 0 Å². The SMILES string of the molecule is c1ccc(-c2ccc3oc4ccccc4c3c2-c2cc3c4c5c(ncc4n4c6cnc7c(c6c(c2)c34)C2CC3CC4CC7CC43C2)C2CC3CC4CC5CC34C2)cc1. The molecule has 280 valence electrons. The van der Waals surface area contributed by atoms with Crippen molar-refractivity contribution in [2.24, 2.45) is 34.5 Å². The minimum atomic E-state index is 0.587. The van der Waals surface area contributed by atoms with Crippen molar-refractivity contribution >= 4 is 60.0 Å². The van der Waals surface area contributed by atoms with E-state index >= 15 is 0 Å². The monoisotopic (exact) mass is 749 g/mol. The molecule has 4 heteroatoms. The number of rotatable bonds is 2. The molecule has 0 N–H and O–H groups in total. The van der Waals surface area contributed by atoms with Crippen molar-refractivity contribution in [1.29, 1.82) is 0 Å². The van der Waals surface area contributed by atoms with Crippen LogP contribution in [0.1, 0.15) is 110 Å². The molecule has 10 unspecified atom stereocenters. The Morgan fingerprint density at radius 1 is 0.517 bits per heavy atom. The van der Waals surface area contributed by atoms with Crippen molar-refractivity contribution in [2.45, 2.75) is 87.9 Å². The van der Waals surface area contributed by atoms with Gasteiger partial charge in [-0.05, 0) is 163 Å². The first-order chi connectivity index (χ1) is 28.6. The van der Waals surface area contributed by atoms with Gasteiger partial charge in [0.2, 0.25) is 0 Å². The molecule has 58 heavy (non-hydrogen) atoms. The van der Waals surface area contributed by atoms with E-state index in [9.17, 15) is 0 Å². The lowest BCUT2D eigenvalue weighted by atomic mass is 9.56. The van der Waals surface area contributed by atoms with Gasteiger partial charge in [-0.1, -0.05) is 54.6 Å². The summed E-state index contributed by atoms with van der Waals surface area (Å²) in [6.45, 7) is 0. The van der Waals surface area contributed by atoms with Crippen LogP contribution in [0.2, 0.25) is 0 Å². The van der Waals surface area contributed by atoms with Crippen molar-refractivity contribution in [1.82, 2.24) is 14.4 Å². The number of pyridine rings is 2. The van der Waals surface area contributed by atoms with Crippen LogP contribution >= 0.6 is 0 Å². The molecule has 8 aliphatic carbocycles. The third kappa shape index (κ3) is 3.12. The molecule has 0 radical (unpaired) electrons. The van der Waals surface area contributed by atoms with Crippen LogP contribution < -0.4 is 0 Å². The summed E-state index contributed by atoms with van der Waals surface area (Å²) in [5, 5.41) is 8.28. The van der Waals surface area contributed by atoms with E-state index in [1.165, 1.54) is 147 Å². The highest BCUT2D eigenvalue weighted by Crippen LogP contribution is 2.78. The van der Waals surface area contributed by atoms with Crippen LogP contribution in [0.15, 0.2) is 95.7 Å². The zero-order valence-electron chi connectivity index (χ0n) is 32.6. The molecular weight excluding hydrogens is 707 g/mol. The van der Waals surface area contributed by atoms with Crippen LogP contribution in [0.4, 0.5) is 0 Å². The van der Waals surface area contributed by atoms with Gasteiger partial charge in [-0.2, -0.15) is 0 Å². The molecule has 6 fully saturated rings. The van der Waals surface area contributed by atoms with Gasteiger partial charge in [0.15, 0.2) is 0 Å². The predicted molar refractivity (Wildman–Crippen MR) is 231 cm³/mol. The number of aromatic nitrogens is 3. The zero-order chi connectivity index (χ0) is 37.0. The maximum Gasteiger partial charge on any atom is 0.136 e. The fraction of sp³-hybridized carbons (Fsp3) is 0.370. The number of fused-ring (bicyclic) bond motifs is 21. The average Bonchev–Trinajstić information content (AvgIpc) is 4.09. The lowest BCUT2D eigenvalue weighted by Gasteiger charge is -2.48. The lowest BCUT2D eigenvalue weighted by Crippen LogP contribution is -2.41. The van der Waals surface area contributed by atoms with E-state index in [-0.39, 0.29) is 0 Å². The Bertz CT molecular complexity index is 3250. The fourth-order valence-electron chi connectivity index (χ4n) is 17.4. The molecule has 6 saturated carbocycles. The smallest absolute Gasteiger partial charge is 0.136 e.